The van der Waals surface area contributed by atoms with E-state index >= 15 is 0 Å². The molecule has 2 aromatic rings. The molecule has 114 valence electrons. The number of benzene rings is 1. The van der Waals surface area contributed by atoms with Crippen molar-refractivity contribution in [3.8, 4) is 5.75 Å². The van der Waals surface area contributed by atoms with Crippen LogP contribution in [0.5, 0.6) is 5.75 Å². The van der Waals surface area contributed by atoms with Crippen LogP contribution in [0.1, 0.15) is 25.6 Å². The number of aryl methyl sites for hydroxylation is 1. The third-order valence-corrected chi connectivity index (χ3v) is 4.17. The molecule has 0 aliphatic carbocycles. The van der Waals surface area contributed by atoms with Crippen LogP contribution in [0.15, 0.2) is 34.9 Å². The van der Waals surface area contributed by atoms with Crippen LogP contribution < -0.4 is 10.1 Å². The van der Waals surface area contributed by atoms with Gasteiger partial charge in [0.05, 0.1) is 22.4 Å². The minimum atomic E-state index is -0.0771. The second-order valence-electron chi connectivity index (χ2n) is 4.74. The van der Waals surface area contributed by atoms with E-state index < -0.39 is 0 Å². The van der Waals surface area contributed by atoms with Gasteiger partial charge in [-0.3, -0.25) is 4.68 Å². The van der Waals surface area contributed by atoms with E-state index in [1.807, 2.05) is 49.1 Å². The summed E-state index contributed by atoms with van der Waals surface area (Å²) in [5.74, 6) is 0.758. The van der Waals surface area contributed by atoms with Gasteiger partial charge in [0.25, 0.3) is 0 Å². The molecule has 1 heterocycles. The summed E-state index contributed by atoms with van der Waals surface area (Å²) >= 11 is 9.56. The molecule has 21 heavy (non-hydrogen) atoms. The van der Waals surface area contributed by atoms with Gasteiger partial charge in [0, 0.05) is 11.6 Å². The molecule has 0 aliphatic heterocycles. The second kappa shape index (κ2) is 7.29. The number of hydrogen-bond acceptors (Lipinski definition) is 3. The molecular weight excluding hydrogens is 354 g/mol. The monoisotopic (exact) mass is 371 g/mol. The molecule has 6 heteroatoms. The standard InChI is InChI=1S/C15H19BrClN3O/c1-4-20-15(13(16)9-19-20)14(18-3)10(2)21-12-7-5-6-11(17)8-12/h5-10,14,18H,4H2,1-3H3. The number of likely N-dealkylation sites (N-methyl/N-ethyl adjacent to an activating group) is 1. The van der Waals surface area contributed by atoms with E-state index in [4.69, 9.17) is 16.3 Å². The number of halogens is 2. The van der Waals surface area contributed by atoms with E-state index in [1.165, 1.54) is 0 Å². The molecule has 1 N–H and O–H groups in total. The Morgan fingerprint density at radius 1 is 1.48 bits per heavy atom. The quantitative estimate of drug-likeness (QED) is 0.831. The average molecular weight is 373 g/mol. The van der Waals surface area contributed by atoms with Crippen molar-refractivity contribution >= 4 is 27.5 Å². The van der Waals surface area contributed by atoms with Crippen molar-refractivity contribution in [2.24, 2.45) is 0 Å². The lowest BCUT2D eigenvalue weighted by molar-refractivity contribution is 0.170. The van der Waals surface area contributed by atoms with E-state index in [0.29, 0.717) is 5.02 Å². The summed E-state index contributed by atoms with van der Waals surface area (Å²) in [6.45, 7) is 4.91. The molecule has 2 atom stereocenters. The SMILES string of the molecule is CCn1ncc(Br)c1C(NC)C(C)Oc1cccc(Cl)c1. The zero-order valence-corrected chi connectivity index (χ0v) is 14.6. The lowest BCUT2D eigenvalue weighted by atomic mass is 10.1. The van der Waals surface area contributed by atoms with Crippen LogP contribution in [0.2, 0.25) is 5.02 Å². The Labute approximate surface area is 138 Å². The Bertz CT molecular complexity index is 602. The summed E-state index contributed by atoms with van der Waals surface area (Å²) in [6.07, 6.45) is 1.74. The molecule has 0 saturated carbocycles. The summed E-state index contributed by atoms with van der Waals surface area (Å²) in [7, 11) is 1.92. The first-order valence-electron chi connectivity index (χ1n) is 6.87. The van der Waals surface area contributed by atoms with Crippen LogP contribution in [-0.4, -0.2) is 22.9 Å². The van der Waals surface area contributed by atoms with Crippen molar-refractivity contribution in [2.45, 2.75) is 32.5 Å². The summed E-state index contributed by atoms with van der Waals surface area (Å²) in [5, 5.41) is 8.33. The Kier molecular flexibility index (Phi) is 5.67. The molecule has 0 radical (unpaired) electrons. The van der Waals surface area contributed by atoms with Crippen LogP contribution in [0.4, 0.5) is 0 Å². The highest BCUT2D eigenvalue weighted by Gasteiger charge is 2.25. The Morgan fingerprint density at radius 3 is 2.86 bits per heavy atom. The maximum absolute atomic E-state index is 6.02. The average Bonchev–Trinajstić information content (AvgIpc) is 2.81. The van der Waals surface area contributed by atoms with Gasteiger partial charge in [0.1, 0.15) is 11.9 Å². The molecule has 0 spiro atoms. The van der Waals surface area contributed by atoms with Gasteiger partial charge in [0.2, 0.25) is 0 Å². The number of nitrogens with one attached hydrogen (secondary N) is 1. The van der Waals surface area contributed by atoms with Gasteiger partial charge in [0.15, 0.2) is 0 Å². The highest BCUT2D eigenvalue weighted by atomic mass is 79.9. The lowest BCUT2D eigenvalue weighted by Crippen LogP contribution is -2.33. The summed E-state index contributed by atoms with van der Waals surface area (Å²) in [6, 6.07) is 7.45. The molecule has 2 unspecified atom stereocenters. The van der Waals surface area contributed by atoms with Crippen LogP contribution in [0, 0.1) is 0 Å². The molecule has 0 aliphatic rings. The Morgan fingerprint density at radius 2 is 2.24 bits per heavy atom. The van der Waals surface area contributed by atoms with E-state index in [-0.39, 0.29) is 12.1 Å². The minimum absolute atomic E-state index is 0.0146. The molecule has 0 fully saturated rings. The van der Waals surface area contributed by atoms with Gasteiger partial charge in [-0.25, -0.2) is 0 Å². The third kappa shape index (κ3) is 3.78. The maximum atomic E-state index is 6.02. The molecule has 0 bridgehead atoms. The van der Waals surface area contributed by atoms with Crippen molar-refractivity contribution in [1.29, 1.82) is 0 Å². The first kappa shape index (κ1) is 16.3. The van der Waals surface area contributed by atoms with Crippen molar-refractivity contribution in [3.05, 3.63) is 45.7 Å². The fraction of sp³-hybridized carbons (Fsp3) is 0.400. The van der Waals surface area contributed by atoms with Crippen molar-refractivity contribution in [2.75, 3.05) is 7.05 Å². The van der Waals surface area contributed by atoms with Gasteiger partial charge in [-0.05, 0) is 55.0 Å². The topological polar surface area (TPSA) is 39.1 Å². The summed E-state index contributed by atoms with van der Waals surface area (Å²) in [4.78, 5) is 0. The van der Waals surface area contributed by atoms with Crippen LogP contribution in [-0.2, 0) is 6.54 Å². The van der Waals surface area contributed by atoms with Gasteiger partial charge >= 0.3 is 0 Å². The normalized spacial score (nSPS) is 14.0. The zero-order valence-electron chi connectivity index (χ0n) is 12.3. The van der Waals surface area contributed by atoms with Crippen molar-refractivity contribution < 1.29 is 4.74 Å². The molecule has 0 saturated heterocycles. The number of hydrogen-bond donors (Lipinski definition) is 1. The van der Waals surface area contributed by atoms with Gasteiger partial charge in [-0.1, -0.05) is 17.7 Å². The maximum Gasteiger partial charge on any atom is 0.121 e. The first-order chi connectivity index (χ1) is 10.1. The van der Waals surface area contributed by atoms with E-state index in [1.54, 1.807) is 0 Å². The molecule has 4 nitrogen and oxygen atoms in total. The van der Waals surface area contributed by atoms with Gasteiger partial charge < -0.3 is 10.1 Å². The number of nitrogens with zero attached hydrogens (tertiary/aromatic N) is 2. The highest BCUT2D eigenvalue weighted by Crippen LogP contribution is 2.28. The molecule has 2 rings (SSSR count). The molecule has 1 aromatic carbocycles. The molecule has 1 aromatic heterocycles. The predicted octanol–water partition coefficient (Wildman–Crippen LogP) is 4.05. The molecule has 0 amide bonds. The zero-order chi connectivity index (χ0) is 15.4. The second-order valence-corrected chi connectivity index (χ2v) is 6.03. The summed E-state index contributed by atoms with van der Waals surface area (Å²) < 4.78 is 8.96. The van der Waals surface area contributed by atoms with Crippen molar-refractivity contribution in [1.82, 2.24) is 15.1 Å². The molecular formula is C15H19BrClN3O. The first-order valence-corrected chi connectivity index (χ1v) is 8.04. The summed E-state index contributed by atoms with van der Waals surface area (Å²) in [5.41, 5.74) is 1.08. The third-order valence-electron chi connectivity index (χ3n) is 3.33. The highest BCUT2D eigenvalue weighted by molar-refractivity contribution is 9.10. The van der Waals surface area contributed by atoms with E-state index in [2.05, 4.69) is 33.3 Å². The van der Waals surface area contributed by atoms with E-state index in [9.17, 15) is 0 Å². The number of rotatable bonds is 6. The predicted molar refractivity (Wildman–Crippen MR) is 88.9 cm³/mol. The van der Waals surface area contributed by atoms with Crippen LogP contribution >= 0.6 is 27.5 Å². The fourth-order valence-electron chi connectivity index (χ4n) is 2.35. The van der Waals surface area contributed by atoms with Gasteiger partial charge in [-0.15, -0.1) is 0 Å². The fourth-order valence-corrected chi connectivity index (χ4v) is 3.07. The number of aromatic nitrogens is 2. The van der Waals surface area contributed by atoms with E-state index in [0.717, 1.165) is 22.5 Å². The van der Waals surface area contributed by atoms with Gasteiger partial charge in [-0.2, -0.15) is 5.10 Å². The largest absolute Gasteiger partial charge is 0.489 e. The smallest absolute Gasteiger partial charge is 0.121 e. The van der Waals surface area contributed by atoms with Crippen molar-refractivity contribution in [3.63, 3.8) is 0 Å². The Hall–Kier alpha value is -1.04. The lowest BCUT2D eigenvalue weighted by Gasteiger charge is -2.25. The van der Waals surface area contributed by atoms with Crippen LogP contribution in [0.25, 0.3) is 0 Å². The minimum Gasteiger partial charge on any atom is -0.489 e. The number of ether oxygens (including phenoxy) is 1. The Balaban J connectivity index is 2.22. The van der Waals surface area contributed by atoms with Crippen LogP contribution in [0.3, 0.4) is 0 Å².